The molecule has 88 valence electrons. The Morgan fingerprint density at radius 1 is 1.38 bits per heavy atom. The van der Waals surface area contributed by atoms with Crippen LogP contribution >= 0.6 is 0 Å². The lowest BCUT2D eigenvalue weighted by atomic mass is 10.0. The van der Waals surface area contributed by atoms with Gasteiger partial charge in [0.25, 0.3) is 0 Å². The van der Waals surface area contributed by atoms with Gasteiger partial charge in [-0.25, -0.2) is 0 Å². The molecule has 0 saturated heterocycles. The second-order valence-electron chi connectivity index (χ2n) is 5.00. The summed E-state index contributed by atoms with van der Waals surface area (Å²) < 4.78 is 0. The Balaban J connectivity index is 2.13. The molecule has 0 aromatic heterocycles. The van der Waals surface area contributed by atoms with E-state index in [0.29, 0.717) is 6.04 Å². The molecule has 0 spiro atoms. The Morgan fingerprint density at radius 3 is 2.69 bits per heavy atom. The summed E-state index contributed by atoms with van der Waals surface area (Å²) in [7, 11) is 0. The molecule has 0 bridgehead atoms. The number of aliphatic hydroxyl groups excluding tert-OH is 1. The van der Waals surface area contributed by atoms with Gasteiger partial charge in [0.05, 0.1) is 12.6 Å². The van der Waals surface area contributed by atoms with E-state index in [2.05, 4.69) is 43.4 Å². The van der Waals surface area contributed by atoms with Crippen LogP contribution < -0.4 is 5.32 Å². The van der Waals surface area contributed by atoms with E-state index in [-0.39, 0.29) is 12.6 Å². The largest absolute Gasteiger partial charge is 0.394 e. The third kappa shape index (κ3) is 2.83. The van der Waals surface area contributed by atoms with Gasteiger partial charge in [0, 0.05) is 6.04 Å². The molecule has 1 saturated carbocycles. The molecule has 0 heterocycles. The average Bonchev–Trinajstić information content (AvgIpc) is 3.09. The van der Waals surface area contributed by atoms with Crippen LogP contribution in [0.3, 0.4) is 0 Å². The third-order valence-electron chi connectivity index (χ3n) is 3.08. The van der Waals surface area contributed by atoms with E-state index in [1.807, 2.05) is 0 Å². The van der Waals surface area contributed by atoms with Crippen LogP contribution in [0.5, 0.6) is 0 Å². The molecule has 1 aromatic carbocycles. The van der Waals surface area contributed by atoms with Crippen LogP contribution in [-0.4, -0.2) is 17.8 Å². The van der Waals surface area contributed by atoms with Gasteiger partial charge in [0.15, 0.2) is 0 Å². The third-order valence-corrected chi connectivity index (χ3v) is 3.08. The quantitative estimate of drug-likeness (QED) is 0.798. The maximum absolute atomic E-state index is 9.41. The lowest BCUT2D eigenvalue weighted by Crippen LogP contribution is -2.30. The Morgan fingerprint density at radius 2 is 2.12 bits per heavy atom. The second-order valence-corrected chi connectivity index (χ2v) is 5.00. The van der Waals surface area contributed by atoms with E-state index in [0.717, 1.165) is 5.92 Å². The van der Waals surface area contributed by atoms with E-state index in [9.17, 15) is 5.11 Å². The van der Waals surface area contributed by atoms with E-state index >= 15 is 0 Å². The summed E-state index contributed by atoms with van der Waals surface area (Å²) in [6.07, 6.45) is 2.65. The highest BCUT2D eigenvalue weighted by Gasteiger charge is 2.24. The minimum atomic E-state index is 0.0682. The van der Waals surface area contributed by atoms with Gasteiger partial charge in [-0.3, -0.25) is 0 Å². The summed E-state index contributed by atoms with van der Waals surface area (Å²) in [4.78, 5) is 0. The van der Waals surface area contributed by atoms with E-state index < -0.39 is 0 Å². The molecule has 0 amide bonds. The summed E-state index contributed by atoms with van der Waals surface area (Å²) in [6, 6.07) is 9.11. The van der Waals surface area contributed by atoms with Crippen molar-refractivity contribution in [3.05, 3.63) is 35.4 Å². The summed E-state index contributed by atoms with van der Waals surface area (Å²) in [5.74, 6) is 0.776. The van der Waals surface area contributed by atoms with Crippen LogP contribution in [0.1, 0.15) is 49.8 Å². The first-order valence-corrected chi connectivity index (χ1v) is 6.17. The topological polar surface area (TPSA) is 32.3 Å². The van der Waals surface area contributed by atoms with Crippen LogP contribution in [0.2, 0.25) is 0 Å². The van der Waals surface area contributed by atoms with E-state index in [1.54, 1.807) is 0 Å². The predicted octanol–water partition coefficient (Wildman–Crippen LogP) is 2.60. The summed E-state index contributed by atoms with van der Waals surface area (Å²) in [6.45, 7) is 4.37. The molecule has 1 aliphatic rings. The molecular weight excluding hydrogens is 198 g/mol. The normalized spacial score (nSPS) is 17.8. The molecule has 2 heteroatoms. The zero-order chi connectivity index (χ0) is 11.5. The van der Waals surface area contributed by atoms with Crippen molar-refractivity contribution in [2.75, 3.05) is 6.61 Å². The fraction of sp³-hybridized carbons (Fsp3) is 0.571. The number of aliphatic hydroxyl groups is 1. The summed E-state index contributed by atoms with van der Waals surface area (Å²) >= 11 is 0. The Kier molecular flexibility index (Phi) is 3.62. The van der Waals surface area contributed by atoms with Crippen molar-refractivity contribution in [1.82, 2.24) is 5.32 Å². The average molecular weight is 219 g/mol. The van der Waals surface area contributed by atoms with E-state index in [1.165, 1.54) is 24.0 Å². The zero-order valence-electron chi connectivity index (χ0n) is 10.1. The van der Waals surface area contributed by atoms with Crippen molar-refractivity contribution < 1.29 is 5.11 Å². The number of benzene rings is 1. The van der Waals surface area contributed by atoms with Crippen LogP contribution in [0.25, 0.3) is 0 Å². The highest BCUT2D eigenvalue weighted by Crippen LogP contribution is 2.40. The van der Waals surface area contributed by atoms with Crippen molar-refractivity contribution in [2.45, 2.75) is 44.7 Å². The van der Waals surface area contributed by atoms with Crippen molar-refractivity contribution >= 4 is 0 Å². The second kappa shape index (κ2) is 4.98. The van der Waals surface area contributed by atoms with Crippen LogP contribution in [-0.2, 0) is 0 Å². The van der Waals surface area contributed by atoms with Gasteiger partial charge in [-0.05, 0) is 29.9 Å². The van der Waals surface area contributed by atoms with Crippen molar-refractivity contribution in [2.24, 2.45) is 0 Å². The van der Waals surface area contributed by atoms with Crippen molar-refractivity contribution in [3.63, 3.8) is 0 Å². The highest BCUT2D eigenvalue weighted by atomic mass is 16.3. The molecule has 0 aliphatic heterocycles. The number of nitrogens with one attached hydrogen (secondary N) is 1. The number of rotatable bonds is 5. The first-order chi connectivity index (χ1) is 7.70. The molecule has 0 radical (unpaired) electrons. The fourth-order valence-electron chi connectivity index (χ4n) is 2.10. The molecule has 1 unspecified atom stereocenters. The van der Waals surface area contributed by atoms with Gasteiger partial charge in [-0.2, -0.15) is 0 Å². The van der Waals surface area contributed by atoms with Gasteiger partial charge >= 0.3 is 0 Å². The van der Waals surface area contributed by atoms with Crippen molar-refractivity contribution in [1.29, 1.82) is 0 Å². The SMILES string of the molecule is CC(C)NC(CO)c1cccc(C2CC2)c1. The van der Waals surface area contributed by atoms with Gasteiger partial charge in [0.2, 0.25) is 0 Å². The molecule has 1 aromatic rings. The summed E-state index contributed by atoms with van der Waals surface area (Å²) in [5.41, 5.74) is 2.64. The van der Waals surface area contributed by atoms with Gasteiger partial charge < -0.3 is 10.4 Å². The lowest BCUT2D eigenvalue weighted by Gasteiger charge is -2.20. The van der Waals surface area contributed by atoms with Gasteiger partial charge in [-0.1, -0.05) is 38.1 Å². The Bertz CT molecular complexity index is 344. The number of hydrogen-bond donors (Lipinski definition) is 2. The first kappa shape index (κ1) is 11.6. The molecule has 1 atom stereocenters. The monoisotopic (exact) mass is 219 g/mol. The van der Waals surface area contributed by atoms with Crippen LogP contribution in [0.4, 0.5) is 0 Å². The fourth-order valence-corrected chi connectivity index (χ4v) is 2.10. The van der Waals surface area contributed by atoms with E-state index in [4.69, 9.17) is 0 Å². The van der Waals surface area contributed by atoms with Crippen molar-refractivity contribution in [3.8, 4) is 0 Å². The predicted molar refractivity (Wildman–Crippen MR) is 66.5 cm³/mol. The maximum Gasteiger partial charge on any atom is 0.0626 e. The minimum absolute atomic E-state index is 0.0682. The standard InChI is InChI=1S/C14H21NO/c1-10(2)15-14(9-16)13-5-3-4-12(8-13)11-6-7-11/h3-5,8,10-11,14-16H,6-7,9H2,1-2H3. The molecule has 1 fully saturated rings. The first-order valence-electron chi connectivity index (χ1n) is 6.17. The molecule has 1 aliphatic carbocycles. The van der Waals surface area contributed by atoms with Gasteiger partial charge in [0.1, 0.15) is 0 Å². The molecule has 2 rings (SSSR count). The maximum atomic E-state index is 9.41. The highest BCUT2D eigenvalue weighted by molar-refractivity contribution is 5.31. The van der Waals surface area contributed by atoms with Crippen LogP contribution in [0, 0.1) is 0 Å². The minimum Gasteiger partial charge on any atom is -0.394 e. The molecular formula is C14H21NO. The Hall–Kier alpha value is -0.860. The lowest BCUT2D eigenvalue weighted by molar-refractivity contribution is 0.237. The molecule has 2 N–H and O–H groups in total. The molecule has 16 heavy (non-hydrogen) atoms. The van der Waals surface area contributed by atoms with Crippen LogP contribution in [0.15, 0.2) is 24.3 Å². The Labute approximate surface area is 97.7 Å². The molecule has 2 nitrogen and oxygen atoms in total. The smallest absolute Gasteiger partial charge is 0.0626 e. The number of hydrogen-bond acceptors (Lipinski definition) is 2. The zero-order valence-corrected chi connectivity index (χ0v) is 10.1. The van der Waals surface area contributed by atoms with Gasteiger partial charge in [-0.15, -0.1) is 0 Å². The summed E-state index contributed by atoms with van der Waals surface area (Å²) in [5, 5.41) is 12.8.